The number of hydrogen-bond donors (Lipinski definition) is 1. The average Bonchev–Trinajstić information content (AvgIpc) is 2.13. The van der Waals surface area contributed by atoms with E-state index in [-0.39, 0.29) is 6.73 Å². The Hall–Kier alpha value is -0.120. The van der Waals surface area contributed by atoms with Gasteiger partial charge in [-0.15, -0.1) is 0 Å². The number of aliphatic hydroxyl groups excluding tert-OH is 1. The van der Waals surface area contributed by atoms with Gasteiger partial charge in [0.2, 0.25) is 0 Å². The van der Waals surface area contributed by atoms with Crippen LogP contribution in [0.2, 0.25) is 0 Å². The van der Waals surface area contributed by atoms with Gasteiger partial charge in [-0.2, -0.15) is 0 Å². The van der Waals surface area contributed by atoms with Crippen LogP contribution >= 0.6 is 0 Å². The maximum absolute atomic E-state index is 8.70. The van der Waals surface area contributed by atoms with Gasteiger partial charge in [0.1, 0.15) is 0 Å². The van der Waals surface area contributed by atoms with Gasteiger partial charge in [0, 0.05) is 26.2 Å². The van der Waals surface area contributed by atoms with Crippen LogP contribution in [-0.2, 0) is 0 Å². The summed E-state index contributed by atoms with van der Waals surface area (Å²) < 4.78 is 0. The number of nitrogens with zero attached hydrogens (tertiary/aromatic N) is 2. The molecule has 0 aromatic carbocycles. The molecule has 1 aliphatic heterocycles. The number of aliphatic hydroxyl groups is 1. The van der Waals surface area contributed by atoms with Crippen molar-refractivity contribution < 1.29 is 5.11 Å². The Balaban J connectivity index is 2.18. The fourth-order valence-electron chi connectivity index (χ4n) is 0.983. The molecule has 1 fully saturated rings. The van der Waals surface area contributed by atoms with Crippen LogP contribution in [0.1, 0.15) is 6.42 Å². The van der Waals surface area contributed by atoms with E-state index in [1.807, 2.05) is 4.90 Å². The molecule has 53 valence electrons. The second kappa shape index (κ2) is 3.82. The van der Waals surface area contributed by atoms with Gasteiger partial charge in [-0.3, -0.25) is 4.90 Å². The molecule has 0 saturated carbocycles. The molecular weight excluding hydrogens is 116 g/mol. The lowest BCUT2D eigenvalue weighted by atomic mass is 10.4. The zero-order valence-corrected chi connectivity index (χ0v) is 5.58. The molecule has 0 aromatic rings. The van der Waals surface area contributed by atoms with Crippen LogP contribution < -0.4 is 5.32 Å². The largest absolute Gasteiger partial charge is 0.381 e. The topological polar surface area (TPSA) is 37.6 Å². The third-order valence-corrected chi connectivity index (χ3v) is 1.56. The Kier molecular flexibility index (Phi) is 2.97. The van der Waals surface area contributed by atoms with Crippen molar-refractivity contribution in [3.8, 4) is 0 Å². The third kappa shape index (κ3) is 2.30. The van der Waals surface area contributed by atoms with Gasteiger partial charge < -0.3 is 5.11 Å². The molecule has 1 rings (SSSR count). The second-order valence-corrected chi connectivity index (χ2v) is 2.28. The highest BCUT2D eigenvalue weighted by Gasteiger charge is 2.05. The maximum atomic E-state index is 8.70. The van der Waals surface area contributed by atoms with Crippen LogP contribution in [0.25, 0.3) is 0 Å². The summed E-state index contributed by atoms with van der Waals surface area (Å²) in [6, 6.07) is 0. The van der Waals surface area contributed by atoms with Gasteiger partial charge in [-0.1, -0.05) is 0 Å². The van der Waals surface area contributed by atoms with E-state index in [9.17, 15) is 0 Å². The van der Waals surface area contributed by atoms with Crippen molar-refractivity contribution in [2.24, 2.45) is 0 Å². The molecule has 0 aliphatic carbocycles. The first-order chi connectivity index (χ1) is 4.43. The molecule has 0 atom stereocenters. The Bertz CT molecular complexity index is 69.5. The van der Waals surface area contributed by atoms with Gasteiger partial charge in [0.05, 0.1) is 6.73 Å². The predicted molar refractivity (Wildman–Crippen MR) is 35.1 cm³/mol. The Morgan fingerprint density at radius 2 is 2.22 bits per heavy atom. The first-order valence-corrected chi connectivity index (χ1v) is 3.40. The minimum atomic E-state index is 0.190. The fraction of sp³-hybridized carbons (Fsp3) is 1.00. The zero-order chi connectivity index (χ0) is 6.53. The van der Waals surface area contributed by atoms with Crippen molar-refractivity contribution in [3.05, 3.63) is 0 Å². The molecule has 3 heteroatoms. The highest BCUT2D eigenvalue weighted by Crippen LogP contribution is 1.92. The van der Waals surface area contributed by atoms with Crippen molar-refractivity contribution in [2.45, 2.75) is 6.42 Å². The number of hydrogen-bond acceptors (Lipinski definition) is 2. The molecule has 9 heavy (non-hydrogen) atoms. The summed E-state index contributed by atoms with van der Waals surface area (Å²) in [5, 5.41) is 12.9. The van der Waals surface area contributed by atoms with Gasteiger partial charge >= 0.3 is 0 Å². The maximum Gasteiger partial charge on any atom is 0.0956 e. The molecule has 0 spiro atoms. The smallest absolute Gasteiger partial charge is 0.0956 e. The predicted octanol–water partition coefficient (Wildman–Crippen LogP) is -0.754. The van der Waals surface area contributed by atoms with Crippen molar-refractivity contribution in [3.63, 3.8) is 0 Å². The Morgan fingerprint density at radius 1 is 1.33 bits per heavy atom. The molecule has 1 heterocycles. The Morgan fingerprint density at radius 3 is 3.00 bits per heavy atom. The summed E-state index contributed by atoms with van der Waals surface area (Å²) in [5.41, 5.74) is 0. The summed E-state index contributed by atoms with van der Waals surface area (Å²) in [5.74, 6) is 0. The normalized spacial score (nSPS) is 23.7. The monoisotopic (exact) mass is 129 g/mol. The number of rotatable bonds is 1. The van der Waals surface area contributed by atoms with Gasteiger partial charge in [0.15, 0.2) is 0 Å². The summed E-state index contributed by atoms with van der Waals surface area (Å²) in [6.07, 6.45) is 1.10. The van der Waals surface area contributed by atoms with Crippen molar-refractivity contribution >= 4 is 0 Å². The lowest BCUT2D eigenvalue weighted by Gasteiger charge is -2.14. The van der Waals surface area contributed by atoms with E-state index in [2.05, 4.69) is 5.32 Å². The summed E-state index contributed by atoms with van der Waals surface area (Å²) in [4.78, 5) is 2.01. The van der Waals surface area contributed by atoms with E-state index in [0.717, 1.165) is 32.6 Å². The summed E-state index contributed by atoms with van der Waals surface area (Å²) in [7, 11) is 0. The van der Waals surface area contributed by atoms with Crippen molar-refractivity contribution in [1.29, 1.82) is 0 Å². The van der Waals surface area contributed by atoms with Crippen LogP contribution in [0.3, 0.4) is 0 Å². The molecular formula is C6H13N2O. The minimum absolute atomic E-state index is 0.190. The molecule has 1 aliphatic rings. The van der Waals surface area contributed by atoms with Gasteiger partial charge in [-0.05, 0) is 6.42 Å². The highest BCUT2D eigenvalue weighted by molar-refractivity contribution is 4.61. The first kappa shape index (κ1) is 6.99. The van der Waals surface area contributed by atoms with E-state index in [1.54, 1.807) is 0 Å². The molecule has 0 bridgehead atoms. The standard InChI is InChI=1S/C6H13N2O/c9-6-8-4-1-2-7-3-5-8/h9H,1-6H2. The highest BCUT2D eigenvalue weighted by atomic mass is 16.3. The lowest BCUT2D eigenvalue weighted by molar-refractivity contribution is 0.114. The van der Waals surface area contributed by atoms with Crippen LogP contribution in [0.4, 0.5) is 0 Å². The van der Waals surface area contributed by atoms with Crippen molar-refractivity contribution in [2.75, 3.05) is 32.9 Å². The molecule has 1 saturated heterocycles. The Labute approximate surface area is 55.7 Å². The molecule has 3 nitrogen and oxygen atoms in total. The van der Waals surface area contributed by atoms with Crippen LogP contribution in [0, 0.1) is 0 Å². The molecule has 1 N–H and O–H groups in total. The van der Waals surface area contributed by atoms with E-state index >= 15 is 0 Å². The van der Waals surface area contributed by atoms with E-state index in [0.29, 0.717) is 0 Å². The van der Waals surface area contributed by atoms with E-state index < -0.39 is 0 Å². The quantitative estimate of drug-likeness (QED) is 0.505. The second-order valence-electron chi connectivity index (χ2n) is 2.28. The average molecular weight is 129 g/mol. The summed E-state index contributed by atoms with van der Waals surface area (Å²) in [6.45, 7) is 3.98. The van der Waals surface area contributed by atoms with Crippen LogP contribution in [0.5, 0.6) is 0 Å². The molecule has 0 amide bonds. The minimum Gasteiger partial charge on any atom is -0.381 e. The van der Waals surface area contributed by atoms with Gasteiger partial charge in [-0.25, -0.2) is 5.32 Å². The molecule has 1 radical (unpaired) electrons. The van der Waals surface area contributed by atoms with Crippen LogP contribution in [-0.4, -0.2) is 42.9 Å². The molecule has 0 aromatic heterocycles. The van der Waals surface area contributed by atoms with Crippen LogP contribution in [0.15, 0.2) is 0 Å². The lowest BCUT2D eigenvalue weighted by Crippen LogP contribution is -2.27. The SMILES string of the molecule is OCN1CCC[N]CC1. The zero-order valence-electron chi connectivity index (χ0n) is 5.58. The first-order valence-electron chi connectivity index (χ1n) is 3.40. The van der Waals surface area contributed by atoms with Gasteiger partial charge in [0.25, 0.3) is 0 Å². The van der Waals surface area contributed by atoms with Crippen molar-refractivity contribution in [1.82, 2.24) is 10.2 Å². The molecule has 0 unspecified atom stereocenters. The third-order valence-electron chi connectivity index (χ3n) is 1.56. The fourth-order valence-corrected chi connectivity index (χ4v) is 0.983. The summed E-state index contributed by atoms with van der Waals surface area (Å²) >= 11 is 0. The van der Waals surface area contributed by atoms with E-state index in [1.165, 1.54) is 0 Å². The van der Waals surface area contributed by atoms with E-state index in [4.69, 9.17) is 5.11 Å².